The molecule has 0 radical (unpaired) electrons. The number of methoxy groups -OCH3 is 1. The van der Waals surface area contributed by atoms with Crippen molar-refractivity contribution in [1.29, 1.82) is 5.26 Å². The van der Waals surface area contributed by atoms with Gasteiger partial charge in [-0.1, -0.05) is 23.7 Å². The molecule has 0 fully saturated rings. The molecule has 3 aromatic rings. The number of nitrogens with one attached hydrogen (secondary N) is 1. The minimum Gasteiger partial charge on any atom is -0.490 e. The summed E-state index contributed by atoms with van der Waals surface area (Å²) in [6.07, 6.45) is 1.53. The van der Waals surface area contributed by atoms with E-state index in [1.807, 2.05) is 17.5 Å². The van der Waals surface area contributed by atoms with E-state index < -0.39 is 4.92 Å². The van der Waals surface area contributed by atoms with Crippen LogP contribution in [0.1, 0.15) is 10.6 Å². The van der Waals surface area contributed by atoms with Gasteiger partial charge in [0.05, 0.1) is 17.7 Å². The second-order valence-electron chi connectivity index (χ2n) is 5.96. The summed E-state index contributed by atoms with van der Waals surface area (Å²) >= 11 is 7.26. The quantitative estimate of drug-likeness (QED) is 0.309. The number of hydrogen-bond acceptors (Lipinski definition) is 7. The van der Waals surface area contributed by atoms with Crippen LogP contribution in [0.25, 0.3) is 16.8 Å². The van der Waals surface area contributed by atoms with Gasteiger partial charge in [-0.25, -0.2) is 4.98 Å². The van der Waals surface area contributed by atoms with Crippen LogP contribution in [0.15, 0.2) is 48.0 Å². The number of nitro groups is 1. The van der Waals surface area contributed by atoms with Crippen LogP contribution in [-0.2, 0) is 0 Å². The topological polar surface area (TPSA) is 101 Å². The molecule has 0 saturated carbocycles. The predicted octanol–water partition coefficient (Wildman–Crippen LogP) is 5.67. The fraction of sp³-hybridized carbons (Fsp3) is 0.100. The highest BCUT2D eigenvalue weighted by Crippen LogP contribution is 2.33. The molecule has 0 aliphatic heterocycles. The first-order valence-corrected chi connectivity index (χ1v) is 9.60. The Morgan fingerprint density at radius 1 is 1.38 bits per heavy atom. The minimum absolute atomic E-state index is 0.118. The van der Waals surface area contributed by atoms with Gasteiger partial charge in [0.15, 0.2) is 5.75 Å². The predicted molar refractivity (Wildman–Crippen MR) is 114 cm³/mol. The molecule has 29 heavy (non-hydrogen) atoms. The number of anilines is 1. The molecule has 0 spiro atoms. The van der Waals surface area contributed by atoms with E-state index in [0.29, 0.717) is 26.9 Å². The Morgan fingerprint density at radius 3 is 2.72 bits per heavy atom. The number of nitriles is 1. The van der Waals surface area contributed by atoms with Crippen molar-refractivity contribution in [2.45, 2.75) is 6.92 Å². The summed E-state index contributed by atoms with van der Waals surface area (Å²) in [5.74, 6) is 0.134. The van der Waals surface area contributed by atoms with Gasteiger partial charge in [0.1, 0.15) is 16.6 Å². The van der Waals surface area contributed by atoms with Gasteiger partial charge in [0, 0.05) is 40.0 Å². The van der Waals surface area contributed by atoms with Crippen LogP contribution in [0.2, 0.25) is 5.02 Å². The van der Waals surface area contributed by atoms with Crippen molar-refractivity contribution in [3.8, 4) is 23.1 Å². The third-order valence-corrected chi connectivity index (χ3v) is 5.22. The smallest absolute Gasteiger partial charge is 0.311 e. The van der Waals surface area contributed by atoms with Gasteiger partial charge in [0.25, 0.3) is 0 Å². The molecule has 0 bridgehead atoms. The summed E-state index contributed by atoms with van der Waals surface area (Å²) in [5.41, 5.74) is 3.11. The molecule has 0 aliphatic rings. The molecule has 1 N–H and O–H groups in total. The van der Waals surface area contributed by atoms with Gasteiger partial charge >= 0.3 is 5.69 Å². The molecule has 0 unspecified atom stereocenters. The van der Waals surface area contributed by atoms with Crippen LogP contribution >= 0.6 is 22.9 Å². The van der Waals surface area contributed by atoms with E-state index in [9.17, 15) is 15.4 Å². The number of allylic oxidation sites excluding steroid dienone is 1. The molecule has 0 saturated heterocycles. The molecule has 0 aliphatic carbocycles. The summed E-state index contributed by atoms with van der Waals surface area (Å²) in [6.45, 7) is 1.73. The Kier molecular flexibility index (Phi) is 6.12. The molecule has 0 amide bonds. The highest BCUT2D eigenvalue weighted by Gasteiger charge is 2.17. The summed E-state index contributed by atoms with van der Waals surface area (Å²) in [6, 6.07) is 12.4. The fourth-order valence-electron chi connectivity index (χ4n) is 2.58. The van der Waals surface area contributed by atoms with Gasteiger partial charge in [0.2, 0.25) is 0 Å². The van der Waals surface area contributed by atoms with E-state index in [4.69, 9.17) is 16.3 Å². The van der Waals surface area contributed by atoms with E-state index in [1.165, 1.54) is 36.8 Å². The number of hydrogen-bond donors (Lipinski definition) is 1. The second-order valence-corrected chi connectivity index (χ2v) is 7.25. The third-order valence-electron chi connectivity index (χ3n) is 4.09. The number of thiazole rings is 1. The summed E-state index contributed by atoms with van der Waals surface area (Å²) in [5, 5.41) is 26.7. The van der Waals surface area contributed by atoms with Crippen molar-refractivity contribution in [3.63, 3.8) is 0 Å². The fourth-order valence-corrected chi connectivity index (χ4v) is 3.50. The number of aryl methyl sites for hydroxylation is 1. The number of aromatic nitrogens is 1. The molecule has 146 valence electrons. The molecule has 2 aromatic carbocycles. The lowest BCUT2D eigenvalue weighted by Crippen LogP contribution is -1.99. The van der Waals surface area contributed by atoms with E-state index in [1.54, 1.807) is 19.1 Å². The average Bonchev–Trinajstić information content (AvgIpc) is 3.19. The first-order chi connectivity index (χ1) is 13.9. The van der Waals surface area contributed by atoms with E-state index in [-0.39, 0.29) is 11.4 Å². The van der Waals surface area contributed by atoms with Crippen LogP contribution in [0.3, 0.4) is 0 Å². The summed E-state index contributed by atoms with van der Waals surface area (Å²) in [7, 11) is 1.37. The Bertz CT molecular complexity index is 1130. The molecule has 9 heteroatoms. The van der Waals surface area contributed by atoms with Gasteiger partial charge in [-0.15, -0.1) is 11.3 Å². The monoisotopic (exact) mass is 426 g/mol. The maximum atomic E-state index is 11.1. The van der Waals surface area contributed by atoms with Crippen LogP contribution < -0.4 is 10.1 Å². The molecule has 7 nitrogen and oxygen atoms in total. The zero-order valence-electron chi connectivity index (χ0n) is 15.5. The van der Waals surface area contributed by atoms with E-state index >= 15 is 0 Å². The zero-order chi connectivity index (χ0) is 21.0. The van der Waals surface area contributed by atoms with E-state index in [2.05, 4.69) is 16.4 Å². The summed E-state index contributed by atoms with van der Waals surface area (Å²) in [4.78, 5) is 15.1. The number of benzene rings is 2. The largest absolute Gasteiger partial charge is 0.490 e. The van der Waals surface area contributed by atoms with E-state index in [0.717, 1.165) is 11.3 Å². The standard InChI is InChI=1S/C20H15ClN4O3S/c1-12-7-18(25(26)27)19(28-2)8-16(12)23-10-14(9-22)20-24-17(11-29-20)13-3-5-15(21)6-4-13/h3-8,10-11,23H,1-2H3. The molecule has 1 heterocycles. The molecule has 0 atom stereocenters. The van der Waals surface area contributed by atoms with Gasteiger partial charge in [-0.2, -0.15) is 5.26 Å². The zero-order valence-corrected chi connectivity index (χ0v) is 17.0. The maximum absolute atomic E-state index is 11.1. The van der Waals surface area contributed by atoms with Gasteiger partial charge in [-0.05, 0) is 24.6 Å². The van der Waals surface area contributed by atoms with Crippen LogP contribution in [-0.4, -0.2) is 17.0 Å². The first kappa shape index (κ1) is 20.3. The Hall–Kier alpha value is -3.41. The highest BCUT2D eigenvalue weighted by molar-refractivity contribution is 7.11. The first-order valence-electron chi connectivity index (χ1n) is 8.34. The van der Waals surface area contributed by atoms with Crippen molar-refractivity contribution < 1.29 is 9.66 Å². The minimum atomic E-state index is -0.500. The third kappa shape index (κ3) is 4.54. The number of rotatable bonds is 6. The van der Waals surface area contributed by atoms with Crippen LogP contribution in [0, 0.1) is 28.4 Å². The molecule has 1 aromatic heterocycles. The van der Waals surface area contributed by atoms with Crippen molar-refractivity contribution in [1.82, 2.24) is 4.98 Å². The number of halogens is 1. The normalized spacial score (nSPS) is 11.0. The Labute approximate surface area is 176 Å². The van der Waals surface area contributed by atoms with Crippen molar-refractivity contribution in [3.05, 3.63) is 73.7 Å². The summed E-state index contributed by atoms with van der Waals surface area (Å²) < 4.78 is 5.09. The number of ether oxygens (including phenoxy) is 1. The SMILES string of the molecule is COc1cc(NC=C(C#N)c2nc(-c3ccc(Cl)cc3)cs2)c(C)cc1[N+](=O)[O-]. The number of nitro benzene ring substituents is 1. The van der Waals surface area contributed by atoms with Crippen molar-refractivity contribution in [2.75, 3.05) is 12.4 Å². The lowest BCUT2D eigenvalue weighted by molar-refractivity contribution is -0.385. The maximum Gasteiger partial charge on any atom is 0.311 e. The molecular formula is C20H15ClN4O3S. The lowest BCUT2D eigenvalue weighted by Gasteiger charge is -2.09. The lowest BCUT2D eigenvalue weighted by atomic mass is 10.1. The number of nitrogens with zero attached hydrogens (tertiary/aromatic N) is 3. The second kappa shape index (κ2) is 8.73. The van der Waals surface area contributed by atoms with Crippen molar-refractivity contribution in [2.24, 2.45) is 0 Å². The molecule has 3 rings (SSSR count). The highest BCUT2D eigenvalue weighted by atomic mass is 35.5. The Morgan fingerprint density at radius 2 is 2.10 bits per heavy atom. The van der Waals surface area contributed by atoms with Crippen molar-refractivity contribution >= 4 is 39.9 Å². The Balaban J connectivity index is 1.87. The van der Waals surface area contributed by atoms with Crippen LogP contribution in [0.4, 0.5) is 11.4 Å². The van der Waals surface area contributed by atoms with Gasteiger partial charge < -0.3 is 10.1 Å². The van der Waals surface area contributed by atoms with Crippen LogP contribution in [0.5, 0.6) is 5.75 Å². The average molecular weight is 427 g/mol. The molecular weight excluding hydrogens is 412 g/mol. The van der Waals surface area contributed by atoms with Gasteiger partial charge in [-0.3, -0.25) is 10.1 Å².